The normalized spacial score (nSPS) is 19.4. The number of carboxylic acid groups (broad SMARTS) is 1. The van der Waals surface area contributed by atoms with Gasteiger partial charge in [-0.25, -0.2) is 4.79 Å². The smallest absolute Gasteiger partial charge is 0.341 e. The number of carbonyl (C=O) groups excluding carboxylic acids is 1. The summed E-state index contributed by atoms with van der Waals surface area (Å²) in [5.74, 6) is -0.854. The first-order chi connectivity index (χ1) is 12.1. The number of amides is 1. The van der Waals surface area contributed by atoms with Gasteiger partial charge in [-0.3, -0.25) is 4.79 Å². The summed E-state index contributed by atoms with van der Waals surface area (Å²) in [5, 5.41) is 11.7. The number of rotatable bonds is 6. The molecule has 3 rings (SSSR count). The minimum absolute atomic E-state index is 0.209. The van der Waals surface area contributed by atoms with E-state index in [1.165, 1.54) is 0 Å². The van der Waals surface area contributed by atoms with E-state index in [1.807, 2.05) is 30.3 Å². The van der Waals surface area contributed by atoms with Crippen molar-refractivity contribution in [2.24, 2.45) is 0 Å². The van der Waals surface area contributed by atoms with Gasteiger partial charge in [0.05, 0.1) is 12.1 Å². The van der Waals surface area contributed by atoms with Crippen LogP contribution in [0.5, 0.6) is 5.75 Å². The predicted octanol–water partition coefficient (Wildman–Crippen LogP) is 2.20. The van der Waals surface area contributed by atoms with E-state index < -0.39 is 18.1 Å². The largest absolute Gasteiger partial charge is 0.482 e. The molecule has 1 fully saturated rings. The molecule has 1 aliphatic rings. The van der Waals surface area contributed by atoms with Crippen molar-refractivity contribution >= 4 is 11.9 Å². The van der Waals surface area contributed by atoms with Gasteiger partial charge in [0.15, 0.2) is 6.61 Å². The number of carboxylic acids is 1. The predicted molar refractivity (Wildman–Crippen MR) is 90.6 cm³/mol. The third-order valence-corrected chi connectivity index (χ3v) is 4.18. The lowest BCUT2D eigenvalue weighted by Gasteiger charge is -2.29. The molecular weight excluding hydrogens is 322 g/mol. The first-order valence-electron chi connectivity index (χ1n) is 7.99. The van der Waals surface area contributed by atoms with Gasteiger partial charge >= 0.3 is 5.97 Å². The van der Waals surface area contributed by atoms with Crippen LogP contribution in [0.3, 0.4) is 0 Å². The van der Waals surface area contributed by atoms with Crippen molar-refractivity contribution in [3.05, 3.63) is 65.7 Å². The van der Waals surface area contributed by atoms with E-state index in [0.717, 1.165) is 5.56 Å². The summed E-state index contributed by atoms with van der Waals surface area (Å²) in [7, 11) is 0. The molecule has 25 heavy (non-hydrogen) atoms. The first-order valence-corrected chi connectivity index (χ1v) is 7.99. The zero-order chi connectivity index (χ0) is 17.7. The van der Waals surface area contributed by atoms with Crippen LogP contribution < -0.4 is 10.1 Å². The van der Waals surface area contributed by atoms with Gasteiger partial charge < -0.3 is 19.9 Å². The van der Waals surface area contributed by atoms with Crippen molar-refractivity contribution in [3.63, 3.8) is 0 Å². The number of hydrogen-bond acceptors (Lipinski definition) is 4. The zero-order valence-corrected chi connectivity index (χ0v) is 13.6. The molecule has 6 nitrogen and oxygen atoms in total. The minimum atomic E-state index is -1.05. The minimum Gasteiger partial charge on any atom is -0.482 e. The average molecular weight is 341 g/mol. The molecule has 2 N–H and O–H groups in total. The second-order valence-electron chi connectivity index (χ2n) is 5.91. The van der Waals surface area contributed by atoms with E-state index in [2.05, 4.69) is 5.32 Å². The summed E-state index contributed by atoms with van der Waals surface area (Å²) >= 11 is 0. The van der Waals surface area contributed by atoms with Gasteiger partial charge in [-0.15, -0.1) is 0 Å². The Morgan fingerprint density at radius 1 is 1.12 bits per heavy atom. The van der Waals surface area contributed by atoms with E-state index >= 15 is 0 Å². The molecule has 1 unspecified atom stereocenters. The molecular formula is C19H19NO5. The van der Waals surface area contributed by atoms with Gasteiger partial charge in [0, 0.05) is 18.6 Å². The lowest BCUT2D eigenvalue weighted by atomic mass is 9.88. The van der Waals surface area contributed by atoms with Crippen LogP contribution in [0.1, 0.15) is 22.3 Å². The highest BCUT2D eigenvalue weighted by Crippen LogP contribution is 2.30. The number of benzene rings is 2. The fraction of sp³-hybridized carbons (Fsp3) is 0.263. The van der Waals surface area contributed by atoms with E-state index in [-0.39, 0.29) is 5.91 Å². The van der Waals surface area contributed by atoms with Crippen LogP contribution in [0, 0.1) is 0 Å². The third kappa shape index (κ3) is 3.97. The van der Waals surface area contributed by atoms with E-state index in [9.17, 15) is 9.59 Å². The zero-order valence-electron chi connectivity index (χ0n) is 13.6. The summed E-state index contributed by atoms with van der Waals surface area (Å²) < 4.78 is 10.6. The number of hydrogen-bond donors (Lipinski definition) is 2. The lowest BCUT2D eigenvalue weighted by molar-refractivity contribution is -0.139. The third-order valence-electron chi connectivity index (χ3n) is 4.18. The molecule has 0 radical (unpaired) electrons. The molecule has 1 amide bonds. The molecule has 1 atom stereocenters. The molecule has 6 heteroatoms. The second kappa shape index (κ2) is 7.36. The monoisotopic (exact) mass is 341 g/mol. The van der Waals surface area contributed by atoms with E-state index in [4.69, 9.17) is 14.6 Å². The van der Waals surface area contributed by atoms with Crippen LogP contribution in [0.2, 0.25) is 0 Å². The maximum Gasteiger partial charge on any atom is 0.341 e. The standard InChI is InChI=1S/C19H19NO5/c21-17(22)12-25-16-8-6-14(7-9-16)18(23)20-19(10-11-24-13-19)15-4-2-1-3-5-15/h1-9H,10-13H2,(H,20,23)(H,21,22). The van der Waals surface area contributed by atoms with Gasteiger partial charge in [0.2, 0.25) is 0 Å². The molecule has 2 aromatic carbocycles. The topological polar surface area (TPSA) is 84.9 Å². The van der Waals surface area contributed by atoms with Crippen LogP contribution in [-0.2, 0) is 15.1 Å². The molecule has 0 spiro atoms. The number of aliphatic carboxylic acids is 1. The molecule has 2 aromatic rings. The fourth-order valence-corrected chi connectivity index (χ4v) is 2.86. The molecule has 130 valence electrons. The van der Waals surface area contributed by atoms with E-state index in [1.54, 1.807) is 24.3 Å². The van der Waals surface area contributed by atoms with Crippen molar-refractivity contribution in [2.45, 2.75) is 12.0 Å². The highest BCUT2D eigenvalue weighted by molar-refractivity contribution is 5.95. The van der Waals surface area contributed by atoms with Gasteiger partial charge in [-0.2, -0.15) is 0 Å². The Labute approximate surface area is 145 Å². The van der Waals surface area contributed by atoms with Gasteiger partial charge in [-0.05, 0) is 29.8 Å². The summed E-state index contributed by atoms with van der Waals surface area (Å²) in [6.45, 7) is 0.611. The fourth-order valence-electron chi connectivity index (χ4n) is 2.86. The van der Waals surface area contributed by atoms with E-state index in [0.29, 0.717) is 30.9 Å². The SMILES string of the molecule is O=C(O)COc1ccc(C(=O)NC2(c3ccccc3)CCOC2)cc1. The van der Waals surface area contributed by atoms with Crippen molar-refractivity contribution in [3.8, 4) is 5.75 Å². The molecule has 0 saturated carbocycles. The van der Waals surface area contributed by atoms with Crippen molar-refractivity contribution in [2.75, 3.05) is 19.8 Å². The average Bonchev–Trinajstić information content (AvgIpc) is 3.11. The first kappa shape index (κ1) is 17.0. The van der Waals surface area contributed by atoms with Crippen LogP contribution >= 0.6 is 0 Å². The van der Waals surface area contributed by atoms with Crippen molar-refractivity contribution < 1.29 is 24.2 Å². The van der Waals surface area contributed by atoms with Crippen LogP contribution in [0.25, 0.3) is 0 Å². The molecule has 0 bridgehead atoms. The number of carbonyl (C=O) groups is 2. The lowest BCUT2D eigenvalue weighted by Crippen LogP contribution is -2.46. The summed E-state index contributed by atoms with van der Waals surface area (Å²) in [6.07, 6.45) is 0.711. The molecule has 0 aromatic heterocycles. The number of nitrogens with one attached hydrogen (secondary N) is 1. The second-order valence-corrected chi connectivity index (χ2v) is 5.91. The Hall–Kier alpha value is -2.86. The van der Waals surface area contributed by atoms with Crippen molar-refractivity contribution in [1.82, 2.24) is 5.32 Å². The van der Waals surface area contributed by atoms with Crippen LogP contribution in [0.15, 0.2) is 54.6 Å². The Kier molecular flexibility index (Phi) is 5.00. The summed E-state index contributed by atoms with van der Waals surface area (Å²) in [4.78, 5) is 23.2. The highest BCUT2D eigenvalue weighted by Gasteiger charge is 2.38. The van der Waals surface area contributed by atoms with Crippen LogP contribution in [0.4, 0.5) is 0 Å². The maximum atomic E-state index is 12.7. The Morgan fingerprint density at radius 3 is 2.44 bits per heavy atom. The van der Waals surface area contributed by atoms with Gasteiger partial charge in [0.25, 0.3) is 5.91 Å². The quantitative estimate of drug-likeness (QED) is 0.841. The van der Waals surface area contributed by atoms with Crippen LogP contribution in [-0.4, -0.2) is 36.8 Å². The Bertz CT molecular complexity index is 736. The summed E-state index contributed by atoms with van der Waals surface area (Å²) in [6, 6.07) is 16.2. The summed E-state index contributed by atoms with van der Waals surface area (Å²) in [5.41, 5.74) is 0.962. The number of ether oxygens (including phenoxy) is 2. The van der Waals surface area contributed by atoms with Gasteiger partial charge in [0.1, 0.15) is 5.75 Å². The molecule has 1 aliphatic heterocycles. The Balaban J connectivity index is 1.73. The molecule has 1 heterocycles. The van der Waals surface area contributed by atoms with Gasteiger partial charge in [-0.1, -0.05) is 30.3 Å². The van der Waals surface area contributed by atoms with Crippen molar-refractivity contribution in [1.29, 1.82) is 0 Å². The Morgan fingerprint density at radius 2 is 1.84 bits per heavy atom. The highest BCUT2D eigenvalue weighted by atomic mass is 16.5. The maximum absolute atomic E-state index is 12.7. The molecule has 1 saturated heterocycles. The molecule has 0 aliphatic carbocycles.